The molecule has 10 heteroatoms. The number of nitrogens with zero attached hydrogens (tertiary/aromatic N) is 4. The third kappa shape index (κ3) is 8.48. The Balaban J connectivity index is 1.47. The summed E-state index contributed by atoms with van der Waals surface area (Å²) in [5.41, 5.74) is 3.31. The van der Waals surface area contributed by atoms with E-state index in [-0.39, 0.29) is 11.7 Å². The van der Waals surface area contributed by atoms with Gasteiger partial charge in [0.25, 0.3) is 0 Å². The number of nitrogens with one attached hydrogen (secondary N) is 2. The predicted molar refractivity (Wildman–Crippen MR) is 153 cm³/mol. The van der Waals surface area contributed by atoms with E-state index >= 15 is 0 Å². The molecule has 2 unspecified atom stereocenters. The number of amides is 2. The van der Waals surface area contributed by atoms with Gasteiger partial charge in [-0.3, -0.25) is 19.4 Å². The smallest absolute Gasteiger partial charge is 0.332 e. The van der Waals surface area contributed by atoms with Crippen molar-refractivity contribution in [2.24, 2.45) is 10.4 Å². The van der Waals surface area contributed by atoms with E-state index < -0.39 is 17.9 Å². The first-order valence-corrected chi connectivity index (χ1v) is 13.1. The number of hydrogen-bond acceptors (Lipinski definition) is 8. The normalized spacial score (nSPS) is 17.9. The summed E-state index contributed by atoms with van der Waals surface area (Å²) < 4.78 is 0. The average Bonchev–Trinajstić information content (AvgIpc) is 3.00. The number of hydrogen-bond donors (Lipinski definition) is 2. The third-order valence-corrected chi connectivity index (χ3v) is 6.64. The summed E-state index contributed by atoms with van der Waals surface area (Å²) in [4.78, 5) is 49.8. The average molecular weight is 541 g/mol. The first-order chi connectivity index (χ1) is 19.5. The van der Waals surface area contributed by atoms with Gasteiger partial charge in [0, 0.05) is 55.3 Å². The SMILES string of the molecule is O=NC(=O)C1=CC=CC(CN(CCN(CC2=CC=CC(C(=O)N=O)N2)Cc2ccccc2)Cc2ccccc2)N1. The van der Waals surface area contributed by atoms with Gasteiger partial charge < -0.3 is 10.6 Å². The molecular formula is C30H32N6O4. The van der Waals surface area contributed by atoms with Crippen LogP contribution in [0.5, 0.6) is 0 Å². The van der Waals surface area contributed by atoms with Crippen LogP contribution in [0, 0.1) is 9.81 Å². The summed E-state index contributed by atoms with van der Waals surface area (Å²) in [5, 5.41) is 11.3. The zero-order chi connectivity index (χ0) is 28.2. The van der Waals surface area contributed by atoms with Gasteiger partial charge in [-0.25, -0.2) is 0 Å². The molecule has 0 fully saturated rings. The minimum absolute atomic E-state index is 0.174. The summed E-state index contributed by atoms with van der Waals surface area (Å²) in [5.74, 6) is -1.57. The quantitative estimate of drug-likeness (QED) is 0.371. The maximum Gasteiger partial charge on any atom is 0.332 e. The molecule has 2 aromatic rings. The van der Waals surface area contributed by atoms with Gasteiger partial charge in [0.1, 0.15) is 11.7 Å². The fourth-order valence-electron chi connectivity index (χ4n) is 4.68. The molecule has 40 heavy (non-hydrogen) atoms. The van der Waals surface area contributed by atoms with Crippen molar-refractivity contribution in [3.05, 3.63) is 129 Å². The van der Waals surface area contributed by atoms with Gasteiger partial charge in [0.2, 0.25) is 0 Å². The van der Waals surface area contributed by atoms with Crippen LogP contribution in [0.15, 0.2) is 119 Å². The van der Waals surface area contributed by atoms with Crippen molar-refractivity contribution in [3.8, 4) is 0 Å². The first kappa shape index (κ1) is 28.5. The fourth-order valence-corrected chi connectivity index (χ4v) is 4.68. The second-order valence-corrected chi connectivity index (χ2v) is 9.66. The Morgan fingerprint density at radius 3 is 2.00 bits per heavy atom. The minimum atomic E-state index is -0.818. The molecule has 2 N–H and O–H groups in total. The van der Waals surface area contributed by atoms with Crippen LogP contribution in [0.4, 0.5) is 0 Å². The molecule has 0 saturated carbocycles. The zero-order valence-corrected chi connectivity index (χ0v) is 22.1. The van der Waals surface area contributed by atoms with Gasteiger partial charge in [-0.1, -0.05) is 85.0 Å². The second kappa shape index (κ2) is 14.6. The number of benzene rings is 2. The zero-order valence-electron chi connectivity index (χ0n) is 22.1. The van der Waals surface area contributed by atoms with Crippen LogP contribution in [0.3, 0.4) is 0 Å². The number of carbonyl (C=O) groups is 2. The largest absolute Gasteiger partial charge is 0.373 e. The summed E-state index contributed by atoms with van der Waals surface area (Å²) in [6, 6.07) is 19.3. The molecule has 0 saturated heterocycles. The highest BCUT2D eigenvalue weighted by atomic mass is 16.3. The van der Waals surface area contributed by atoms with Gasteiger partial charge in [0.05, 0.1) is 6.04 Å². The standard InChI is InChI=1S/C30H32N6O4/c37-29(33-39)27-15-7-13-25(31-27)21-35(19-23-9-3-1-4-10-23)17-18-36(20-24-11-5-2-6-12-24)22-26-14-8-16-28(32-26)30(38)34-40/h1-16,25,28,31-32H,17-22H2. The number of nitroso groups, excluding NO2 is 2. The van der Waals surface area contributed by atoms with Gasteiger partial charge >= 0.3 is 11.8 Å². The lowest BCUT2D eigenvalue weighted by Crippen LogP contribution is -2.45. The van der Waals surface area contributed by atoms with Crippen LogP contribution in [-0.2, 0) is 22.7 Å². The molecule has 10 nitrogen and oxygen atoms in total. The molecule has 2 aliphatic heterocycles. The summed E-state index contributed by atoms with van der Waals surface area (Å²) in [6.45, 7) is 3.91. The lowest BCUT2D eigenvalue weighted by molar-refractivity contribution is -0.118. The Morgan fingerprint density at radius 1 is 0.725 bits per heavy atom. The maximum atomic E-state index is 11.9. The van der Waals surface area contributed by atoms with Gasteiger partial charge in [-0.05, 0) is 23.3 Å². The van der Waals surface area contributed by atoms with E-state index in [4.69, 9.17) is 0 Å². The lowest BCUT2D eigenvalue weighted by Gasteiger charge is -2.32. The topological polar surface area (TPSA) is 124 Å². The molecule has 2 aliphatic rings. The maximum absolute atomic E-state index is 11.9. The number of allylic oxidation sites excluding steroid dienone is 4. The molecule has 0 radical (unpaired) electrons. The van der Waals surface area contributed by atoms with Crippen molar-refractivity contribution in [3.63, 3.8) is 0 Å². The van der Waals surface area contributed by atoms with Gasteiger partial charge in [-0.15, -0.1) is 9.81 Å². The molecule has 0 aliphatic carbocycles. The van der Waals surface area contributed by atoms with Crippen LogP contribution in [0.1, 0.15) is 11.1 Å². The lowest BCUT2D eigenvalue weighted by atomic mass is 10.1. The van der Waals surface area contributed by atoms with E-state index in [0.29, 0.717) is 39.3 Å². The van der Waals surface area contributed by atoms with Crippen molar-refractivity contribution in [1.82, 2.24) is 20.4 Å². The van der Waals surface area contributed by atoms with Crippen LogP contribution >= 0.6 is 0 Å². The Kier molecular flexibility index (Phi) is 10.4. The Bertz CT molecular complexity index is 1310. The van der Waals surface area contributed by atoms with E-state index in [2.05, 4.69) is 55.1 Å². The van der Waals surface area contributed by atoms with Crippen LogP contribution in [0.2, 0.25) is 0 Å². The van der Waals surface area contributed by atoms with Crippen LogP contribution in [-0.4, -0.2) is 59.9 Å². The van der Waals surface area contributed by atoms with E-state index in [1.54, 1.807) is 24.3 Å². The molecular weight excluding hydrogens is 508 g/mol. The molecule has 2 aromatic carbocycles. The number of dihydropyridines is 2. The number of carbonyl (C=O) groups excluding carboxylic acids is 2. The van der Waals surface area contributed by atoms with Gasteiger partial charge in [0.15, 0.2) is 0 Å². The number of rotatable bonds is 13. The highest BCUT2D eigenvalue weighted by molar-refractivity contribution is 5.94. The molecule has 0 bridgehead atoms. The Hall–Kier alpha value is -4.54. The van der Waals surface area contributed by atoms with Crippen molar-refractivity contribution < 1.29 is 9.59 Å². The third-order valence-electron chi connectivity index (χ3n) is 6.64. The monoisotopic (exact) mass is 540 g/mol. The molecule has 0 aromatic heterocycles. The van der Waals surface area contributed by atoms with Crippen LogP contribution < -0.4 is 10.6 Å². The highest BCUT2D eigenvalue weighted by Gasteiger charge is 2.22. The molecule has 2 atom stereocenters. The first-order valence-electron chi connectivity index (χ1n) is 13.1. The molecule has 0 spiro atoms. The van der Waals surface area contributed by atoms with Gasteiger partial charge in [-0.2, -0.15) is 0 Å². The van der Waals surface area contributed by atoms with E-state index in [0.717, 1.165) is 16.8 Å². The highest BCUT2D eigenvalue weighted by Crippen LogP contribution is 2.13. The minimum Gasteiger partial charge on any atom is -0.373 e. The molecule has 4 rings (SSSR count). The summed E-state index contributed by atoms with van der Waals surface area (Å²) in [6.07, 6.45) is 10.6. The molecule has 2 heterocycles. The Morgan fingerprint density at radius 2 is 1.35 bits per heavy atom. The summed E-state index contributed by atoms with van der Waals surface area (Å²) >= 11 is 0. The second-order valence-electron chi connectivity index (χ2n) is 9.66. The van der Waals surface area contributed by atoms with E-state index in [1.165, 1.54) is 0 Å². The van der Waals surface area contributed by atoms with Crippen molar-refractivity contribution in [2.45, 2.75) is 25.2 Å². The predicted octanol–water partition coefficient (Wildman–Crippen LogP) is 3.40. The molecule has 2 amide bonds. The Labute approximate surface area is 233 Å². The van der Waals surface area contributed by atoms with Crippen molar-refractivity contribution in [1.29, 1.82) is 0 Å². The van der Waals surface area contributed by atoms with Crippen LogP contribution in [0.25, 0.3) is 0 Å². The van der Waals surface area contributed by atoms with E-state index in [1.807, 2.05) is 48.6 Å². The van der Waals surface area contributed by atoms with Crippen molar-refractivity contribution in [2.75, 3.05) is 26.2 Å². The molecule has 206 valence electrons. The summed E-state index contributed by atoms with van der Waals surface area (Å²) in [7, 11) is 0. The fraction of sp³-hybridized carbons (Fsp3) is 0.267. The van der Waals surface area contributed by atoms with Crippen molar-refractivity contribution >= 4 is 11.8 Å². The van der Waals surface area contributed by atoms with E-state index in [9.17, 15) is 19.4 Å².